The third-order valence-corrected chi connectivity index (χ3v) is 2.75. The summed E-state index contributed by atoms with van der Waals surface area (Å²) in [6, 6.07) is 10.1. The van der Waals surface area contributed by atoms with Crippen LogP contribution < -0.4 is 10.9 Å². The number of benzene rings is 1. The highest BCUT2D eigenvalue weighted by Crippen LogP contribution is 2.16. The van der Waals surface area contributed by atoms with Crippen LogP contribution in [0.5, 0.6) is 0 Å². The first kappa shape index (κ1) is 14.0. The maximum atomic E-state index is 12.0. The lowest BCUT2D eigenvalue weighted by Crippen LogP contribution is -2.18. The Kier molecular flexibility index (Phi) is 4.62. The summed E-state index contributed by atoms with van der Waals surface area (Å²) in [6.45, 7) is 0.573. The average molecular weight is 273 g/mol. The van der Waals surface area contributed by atoms with E-state index in [1.165, 1.54) is 12.1 Å². The van der Waals surface area contributed by atoms with Gasteiger partial charge in [0.15, 0.2) is 0 Å². The van der Waals surface area contributed by atoms with Crippen LogP contribution in [0, 0.1) is 0 Å². The zero-order valence-corrected chi connectivity index (χ0v) is 11.1. The molecule has 0 unspecified atom stereocenters. The second kappa shape index (κ2) is 6.63. The first-order chi connectivity index (χ1) is 9.70. The largest absolute Gasteiger partial charge is 0.384 e. The fourth-order valence-electron chi connectivity index (χ4n) is 1.73. The SMILES string of the molecule is COCCc1ccccc1NC(=O)c1ccc(=O)[nH]n1. The summed E-state index contributed by atoms with van der Waals surface area (Å²) in [6.07, 6.45) is 0.700. The zero-order chi connectivity index (χ0) is 14.4. The van der Waals surface area contributed by atoms with Crippen LogP contribution in [0.4, 0.5) is 5.69 Å². The number of carbonyl (C=O) groups excluding carboxylic acids is 1. The highest BCUT2D eigenvalue weighted by atomic mass is 16.5. The van der Waals surface area contributed by atoms with Crippen molar-refractivity contribution in [2.24, 2.45) is 0 Å². The van der Waals surface area contributed by atoms with Crippen molar-refractivity contribution in [1.82, 2.24) is 10.2 Å². The van der Waals surface area contributed by atoms with Gasteiger partial charge in [-0.1, -0.05) is 18.2 Å². The van der Waals surface area contributed by atoms with Gasteiger partial charge in [0.2, 0.25) is 0 Å². The van der Waals surface area contributed by atoms with Crippen molar-refractivity contribution in [3.63, 3.8) is 0 Å². The van der Waals surface area contributed by atoms with Gasteiger partial charge in [-0.2, -0.15) is 5.10 Å². The lowest BCUT2D eigenvalue weighted by Gasteiger charge is -2.10. The van der Waals surface area contributed by atoms with E-state index >= 15 is 0 Å². The maximum Gasteiger partial charge on any atom is 0.276 e. The minimum Gasteiger partial charge on any atom is -0.384 e. The number of aromatic amines is 1. The molecule has 0 bridgehead atoms. The Morgan fingerprint density at radius 3 is 2.80 bits per heavy atom. The van der Waals surface area contributed by atoms with Gasteiger partial charge in [0.05, 0.1) is 6.61 Å². The molecule has 0 radical (unpaired) electrons. The molecule has 6 heteroatoms. The number of amides is 1. The number of aromatic nitrogens is 2. The molecule has 0 aliphatic carbocycles. The van der Waals surface area contributed by atoms with Crippen LogP contribution in [-0.2, 0) is 11.2 Å². The molecule has 1 aromatic carbocycles. The molecule has 2 aromatic rings. The van der Waals surface area contributed by atoms with Gasteiger partial charge in [0.1, 0.15) is 5.69 Å². The molecule has 1 aromatic heterocycles. The zero-order valence-electron chi connectivity index (χ0n) is 11.1. The highest BCUT2D eigenvalue weighted by Gasteiger charge is 2.10. The van der Waals surface area contributed by atoms with Crippen molar-refractivity contribution in [2.45, 2.75) is 6.42 Å². The molecule has 20 heavy (non-hydrogen) atoms. The first-order valence-corrected chi connectivity index (χ1v) is 6.14. The monoisotopic (exact) mass is 273 g/mol. The van der Waals surface area contributed by atoms with Crippen molar-refractivity contribution in [2.75, 3.05) is 19.0 Å². The highest BCUT2D eigenvalue weighted by molar-refractivity contribution is 6.03. The van der Waals surface area contributed by atoms with Crippen molar-refractivity contribution >= 4 is 11.6 Å². The Labute approximate surface area is 115 Å². The van der Waals surface area contributed by atoms with Gasteiger partial charge in [-0.25, -0.2) is 5.10 Å². The van der Waals surface area contributed by atoms with E-state index in [4.69, 9.17) is 4.74 Å². The molecule has 0 atom stereocenters. The summed E-state index contributed by atoms with van der Waals surface area (Å²) < 4.78 is 5.04. The van der Waals surface area contributed by atoms with Crippen LogP contribution in [0.15, 0.2) is 41.2 Å². The lowest BCUT2D eigenvalue weighted by molar-refractivity contribution is 0.102. The number of rotatable bonds is 5. The van der Waals surface area contributed by atoms with Crippen LogP contribution in [0.2, 0.25) is 0 Å². The molecule has 0 fully saturated rings. The Hall–Kier alpha value is -2.47. The molecule has 0 aliphatic heterocycles. The molecular weight excluding hydrogens is 258 g/mol. The van der Waals surface area contributed by atoms with E-state index in [1.807, 2.05) is 24.3 Å². The molecule has 0 saturated carbocycles. The number of carbonyl (C=O) groups is 1. The van der Waals surface area contributed by atoms with Crippen LogP contribution in [0.25, 0.3) is 0 Å². The molecule has 2 N–H and O–H groups in total. The van der Waals surface area contributed by atoms with Gasteiger partial charge >= 0.3 is 0 Å². The summed E-state index contributed by atoms with van der Waals surface area (Å²) in [5, 5.41) is 8.70. The van der Waals surface area contributed by atoms with E-state index < -0.39 is 0 Å². The topological polar surface area (TPSA) is 84.1 Å². The lowest BCUT2D eigenvalue weighted by atomic mass is 10.1. The quantitative estimate of drug-likeness (QED) is 0.857. The molecule has 1 amide bonds. The summed E-state index contributed by atoms with van der Waals surface area (Å²) in [5.41, 5.74) is 1.50. The molecule has 1 heterocycles. The van der Waals surface area contributed by atoms with E-state index in [0.29, 0.717) is 18.7 Å². The van der Waals surface area contributed by atoms with E-state index in [0.717, 1.165) is 5.56 Å². The number of para-hydroxylation sites is 1. The third-order valence-electron chi connectivity index (χ3n) is 2.75. The number of nitrogens with one attached hydrogen (secondary N) is 2. The van der Waals surface area contributed by atoms with Crippen molar-refractivity contribution in [3.05, 3.63) is 58.0 Å². The Morgan fingerprint density at radius 1 is 1.30 bits per heavy atom. The second-order valence-corrected chi connectivity index (χ2v) is 4.16. The molecule has 2 rings (SSSR count). The van der Waals surface area contributed by atoms with Gasteiger partial charge in [-0.15, -0.1) is 0 Å². The fourth-order valence-corrected chi connectivity index (χ4v) is 1.73. The van der Waals surface area contributed by atoms with Crippen LogP contribution in [-0.4, -0.2) is 29.8 Å². The third kappa shape index (κ3) is 3.52. The number of H-pyrrole nitrogens is 1. The first-order valence-electron chi connectivity index (χ1n) is 6.14. The minimum atomic E-state index is -0.369. The summed E-state index contributed by atoms with van der Waals surface area (Å²) >= 11 is 0. The Balaban J connectivity index is 2.15. The van der Waals surface area contributed by atoms with E-state index in [-0.39, 0.29) is 17.2 Å². The predicted molar refractivity (Wildman–Crippen MR) is 74.8 cm³/mol. The number of methoxy groups -OCH3 is 1. The van der Waals surface area contributed by atoms with Crippen molar-refractivity contribution < 1.29 is 9.53 Å². The van der Waals surface area contributed by atoms with Crippen molar-refractivity contribution in [3.8, 4) is 0 Å². The van der Waals surface area contributed by atoms with Gasteiger partial charge in [0, 0.05) is 18.9 Å². The van der Waals surface area contributed by atoms with E-state index in [2.05, 4.69) is 15.5 Å². The van der Waals surface area contributed by atoms with Gasteiger partial charge in [0.25, 0.3) is 11.5 Å². The summed E-state index contributed by atoms with van der Waals surface area (Å²) in [7, 11) is 1.63. The molecule has 6 nitrogen and oxygen atoms in total. The van der Waals surface area contributed by atoms with Gasteiger partial charge < -0.3 is 10.1 Å². The van der Waals surface area contributed by atoms with Crippen LogP contribution in [0.1, 0.15) is 16.1 Å². The minimum absolute atomic E-state index is 0.158. The molecule has 0 spiro atoms. The number of hydrogen-bond donors (Lipinski definition) is 2. The molecule has 104 valence electrons. The van der Waals surface area contributed by atoms with Gasteiger partial charge in [-0.3, -0.25) is 9.59 Å². The van der Waals surface area contributed by atoms with E-state index in [1.54, 1.807) is 7.11 Å². The summed E-state index contributed by atoms with van der Waals surface area (Å²) in [4.78, 5) is 22.9. The number of nitrogens with zero attached hydrogens (tertiary/aromatic N) is 1. The maximum absolute atomic E-state index is 12.0. The number of ether oxygens (including phenoxy) is 1. The standard InChI is InChI=1S/C14H15N3O3/c1-20-9-8-10-4-2-3-5-11(10)15-14(19)12-6-7-13(18)17-16-12/h2-7H,8-9H2,1H3,(H,15,19)(H,17,18). The average Bonchev–Trinajstić information content (AvgIpc) is 2.47. The predicted octanol–water partition coefficient (Wildman–Crippen LogP) is 1.21. The smallest absolute Gasteiger partial charge is 0.276 e. The Morgan fingerprint density at radius 2 is 2.10 bits per heavy atom. The van der Waals surface area contributed by atoms with Gasteiger partial charge in [-0.05, 0) is 24.1 Å². The molecule has 0 aliphatic rings. The molecule has 0 saturated heterocycles. The van der Waals surface area contributed by atoms with E-state index in [9.17, 15) is 9.59 Å². The number of hydrogen-bond acceptors (Lipinski definition) is 4. The fraction of sp³-hybridized carbons (Fsp3) is 0.214. The van der Waals surface area contributed by atoms with Crippen molar-refractivity contribution in [1.29, 1.82) is 0 Å². The van der Waals surface area contributed by atoms with Crippen LogP contribution >= 0.6 is 0 Å². The second-order valence-electron chi connectivity index (χ2n) is 4.16. The van der Waals surface area contributed by atoms with Crippen LogP contribution in [0.3, 0.4) is 0 Å². The molecular formula is C14H15N3O3. The summed E-state index contributed by atoms with van der Waals surface area (Å²) in [5.74, 6) is -0.369. The Bertz CT molecular complexity index is 632. The normalized spacial score (nSPS) is 10.2. The number of anilines is 1.